The van der Waals surface area contributed by atoms with Crippen LogP contribution in [0, 0.1) is 23.7 Å². The van der Waals surface area contributed by atoms with Crippen molar-refractivity contribution >= 4 is 27.8 Å². The zero-order chi connectivity index (χ0) is 30.2. The fourth-order valence-corrected chi connectivity index (χ4v) is 10.8. The van der Waals surface area contributed by atoms with Crippen LogP contribution in [0.3, 0.4) is 0 Å². The monoisotopic (exact) mass is 593 g/mol. The Morgan fingerprint density at radius 1 is 0.478 bits per heavy atom. The lowest BCUT2D eigenvalue weighted by molar-refractivity contribution is 0.0618. The molecule has 46 heavy (non-hydrogen) atoms. The van der Waals surface area contributed by atoms with E-state index in [2.05, 4.69) is 144 Å². The number of nitrogens with zero attached hydrogens (tertiary/aromatic N) is 1. The van der Waals surface area contributed by atoms with E-state index in [1.165, 1.54) is 88.6 Å². The molecule has 5 atom stereocenters. The van der Waals surface area contributed by atoms with Crippen molar-refractivity contribution in [2.45, 2.75) is 43.9 Å². The van der Waals surface area contributed by atoms with Crippen molar-refractivity contribution in [3.63, 3.8) is 0 Å². The van der Waals surface area contributed by atoms with Crippen LogP contribution in [-0.4, -0.2) is 0 Å². The van der Waals surface area contributed by atoms with Crippen LogP contribution < -0.4 is 4.90 Å². The van der Waals surface area contributed by atoms with E-state index in [1.807, 2.05) is 0 Å². The Morgan fingerprint density at radius 2 is 1.15 bits per heavy atom. The van der Waals surface area contributed by atoms with Gasteiger partial charge in [-0.2, -0.15) is 0 Å². The number of hydrogen-bond acceptors (Lipinski definition) is 1. The summed E-state index contributed by atoms with van der Waals surface area (Å²) >= 11 is 0. The van der Waals surface area contributed by atoms with Gasteiger partial charge in [-0.15, -0.1) is 0 Å². The molecule has 1 heteroatoms. The number of rotatable bonds is 4. The predicted octanol–water partition coefficient (Wildman–Crippen LogP) is 12.1. The summed E-state index contributed by atoms with van der Waals surface area (Å²) in [6.45, 7) is 0. The van der Waals surface area contributed by atoms with Crippen molar-refractivity contribution in [2.24, 2.45) is 23.7 Å². The van der Waals surface area contributed by atoms with Crippen LogP contribution in [0.25, 0.3) is 33.0 Å². The summed E-state index contributed by atoms with van der Waals surface area (Å²) in [5, 5.41) is 2.55. The highest BCUT2D eigenvalue weighted by Crippen LogP contribution is 2.68. The van der Waals surface area contributed by atoms with Gasteiger partial charge in [0.05, 0.1) is 11.4 Å². The molecule has 0 heterocycles. The van der Waals surface area contributed by atoms with Crippen LogP contribution in [-0.2, 0) is 5.41 Å². The summed E-state index contributed by atoms with van der Waals surface area (Å²) in [4.78, 5) is 2.57. The summed E-state index contributed by atoms with van der Waals surface area (Å²) < 4.78 is 0. The molecule has 5 unspecified atom stereocenters. The maximum atomic E-state index is 2.57. The van der Waals surface area contributed by atoms with Gasteiger partial charge in [0.15, 0.2) is 0 Å². The molecule has 0 aromatic heterocycles. The fourth-order valence-electron chi connectivity index (χ4n) is 10.8. The molecular formula is C45H39N. The standard InChI is InChI=1S/C45H39N/c1-2-10-32(11-3-1)33-21-24-37(25-22-33)46(42-18-8-13-34-12-4-5-14-38(34)42)43-19-9-17-41-44(43)39-15-6-7-16-40(39)45(41)35-23-20-30-26-31(28-35)29-36(45)27-30/h1-19,21-22,24-25,30-31,35-36H,20,23,26-29H2. The van der Waals surface area contributed by atoms with Gasteiger partial charge in [0.1, 0.15) is 0 Å². The van der Waals surface area contributed by atoms with Crippen molar-refractivity contribution < 1.29 is 0 Å². The first-order chi connectivity index (χ1) is 22.8. The molecule has 11 rings (SSSR count). The molecule has 0 radical (unpaired) electrons. The predicted molar refractivity (Wildman–Crippen MR) is 192 cm³/mol. The first-order valence-corrected chi connectivity index (χ1v) is 17.5. The molecule has 224 valence electrons. The molecule has 1 nitrogen and oxygen atoms in total. The van der Waals surface area contributed by atoms with Gasteiger partial charge < -0.3 is 4.90 Å². The molecule has 6 aromatic carbocycles. The molecule has 0 amide bonds. The summed E-state index contributed by atoms with van der Waals surface area (Å²) in [6.07, 6.45) is 8.48. The summed E-state index contributed by atoms with van der Waals surface area (Å²) in [6, 6.07) is 52.5. The average molecular weight is 594 g/mol. The van der Waals surface area contributed by atoms with Gasteiger partial charge in [-0.1, -0.05) is 122 Å². The third-order valence-electron chi connectivity index (χ3n) is 12.3. The molecule has 4 bridgehead atoms. The largest absolute Gasteiger partial charge is 0.309 e. The highest BCUT2D eigenvalue weighted by Gasteiger charge is 2.60. The molecule has 4 fully saturated rings. The van der Waals surface area contributed by atoms with Gasteiger partial charge in [-0.05, 0) is 113 Å². The summed E-state index contributed by atoms with van der Waals surface area (Å²) in [5.74, 6) is 3.32. The minimum atomic E-state index is 0.134. The SMILES string of the molecule is c1ccc(-c2ccc(N(c3cccc4c3-c3ccccc3C43C4CCC5CC(C4)CC3C5)c3cccc4ccccc34)cc2)cc1. The Kier molecular flexibility index (Phi) is 5.89. The van der Waals surface area contributed by atoms with Crippen molar-refractivity contribution in [1.82, 2.24) is 0 Å². The first kappa shape index (κ1) is 26.6. The van der Waals surface area contributed by atoms with E-state index in [1.54, 1.807) is 11.1 Å². The highest BCUT2D eigenvalue weighted by atomic mass is 15.1. The lowest BCUT2D eigenvalue weighted by Gasteiger charge is -2.53. The molecule has 4 saturated carbocycles. The van der Waals surface area contributed by atoms with Gasteiger partial charge in [0.2, 0.25) is 0 Å². The number of benzene rings is 6. The fraction of sp³-hybridized carbons (Fsp3) is 0.244. The lowest BCUT2D eigenvalue weighted by atomic mass is 9.51. The number of fused-ring (bicyclic) bond motifs is 5. The van der Waals surface area contributed by atoms with Crippen molar-refractivity contribution in [3.05, 3.63) is 151 Å². The smallest absolute Gasteiger partial charge is 0.0543 e. The quantitative estimate of drug-likeness (QED) is 0.196. The second kappa shape index (κ2) is 10.2. The topological polar surface area (TPSA) is 3.24 Å². The summed E-state index contributed by atoms with van der Waals surface area (Å²) in [5.41, 5.74) is 12.5. The van der Waals surface area contributed by atoms with Crippen molar-refractivity contribution in [2.75, 3.05) is 4.90 Å². The second-order valence-electron chi connectivity index (χ2n) is 14.5. The molecule has 0 N–H and O–H groups in total. The van der Waals surface area contributed by atoms with Crippen LogP contribution in [0.1, 0.15) is 49.7 Å². The Labute approximate surface area is 272 Å². The van der Waals surface area contributed by atoms with Gasteiger partial charge >= 0.3 is 0 Å². The van der Waals surface area contributed by atoms with Crippen LogP contribution >= 0.6 is 0 Å². The normalized spacial score (nSPS) is 25.4. The zero-order valence-electron chi connectivity index (χ0n) is 26.3. The Morgan fingerprint density at radius 3 is 2.07 bits per heavy atom. The second-order valence-corrected chi connectivity index (χ2v) is 14.5. The number of anilines is 3. The van der Waals surface area contributed by atoms with E-state index in [0.717, 1.165) is 23.7 Å². The minimum absolute atomic E-state index is 0.134. The Bertz CT molecular complexity index is 2080. The lowest BCUT2D eigenvalue weighted by Crippen LogP contribution is -2.48. The van der Waals surface area contributed by atoms with E-state index in [0.29, 0.717) is 0 Å². The highest BCUT2D eigenvalue weighted by molar-refractivity contribution is 6.03. The zero-order valence-corrected chi connectivity index (χ0v) is 26.3. The summed E-state index contributed by atoms with van der Waals surface area (Å²) in [7, 11) is 0. The van der Waals surface area contributed by atoms with Crippen LogP contribution in [0.2, 0.25) is 0 Å². The molecule has 5 aliphatic carbocycles. The Balaban J connectivity index is 1.23. The van der Waals surface area contributed by atoms with Crippen LogP contribution in [0.5, 0.6) is 0 Å². The molecule has 1 spiro atoms. The molecule has 5 aliphatic rings. The van der Waals surface area contributed by atoms with Gasteiger partial charge in [0.25, 0.3) is 0 Å². The molecule has 0 saturated heterocycles. The van der Waals surface area contributed by atoms with E-state index in [4.69, 9.17) is 0 Å². The van der Waals surface area contributed by atoms with E-state index >= 15 is 0 Å². The molecule has 0 aliphatic heterocycles. The first-order valence-electron chi connectivity index (χ1n) is 17.5. The third-order valence-corrected chi connectivity index (χ3v) is 12.3. The van der Waals surface area contributed by atoms with E-state index in [-0.39, 0.29) is 5.41 Å². The van der Waals surface area contributed by atoms with Crippen LogP contribution in [0.4, 0.5) is 17.1 Å². The molecular weight excluding hydrogens is 555 g/mol. The maximum absolute atomic E-state index is 2.57. The maximum Gasteiger partial charge on any atom is 0.0543 e. The third kappa shape index (κ3) is 3.75. The Hall–Kier alpha value is -4.62. The average Bonchev–Trinajstić information content (AvgIpc) is 3.26. The van der Waals surface area contributed by atoms with Crippen molar-refractivity contribution in [3.8, 4) is 22.3 Å². The minimum Gasteiger partial charge on any atom is -0.309 e. The van der Waals surface area contributed by atoms with Gasteiger partial charge in [-0.3, -0.25) is 0 Å². The van der Waals surface area contributed by atoms with E-state index < -0.39 is 0 Å². The van der Waals surface area contributed by atoms with Crippen LogP contribution in [0.15, 0.2) is 140 Å². The number of hydrogen-bond donors (Lipinski definition) is 0. The molecule has 6 aromatic rings. The van der Waals surface area contributed by atoms with Gasteiger partial charge in [-0.25, -0.2) is 0 Å². The van der Waals surface area contributed by atoms with Crippen molar-refractivity contribution in [1.29, 1.82) is 0 Å². The van der Waals surface area contributed by atoms with Gasteiger partial charge in [0, 0.05) is 22.1 Å². The van der Waals surface area contributed by atoms with E-state index in [9.17, 15) is 0 Å².